The highest BCUT2D eigenvalue weighted by Gasteiger charge is 2.45. The number of rotatable bonds is 7. The fourth-order valence-corrected chi connectivity index (χ4v) is 5.56. The Kier molecular flexibility index (Phi) is 7.27. The molecule has 2 atom stereocenters. The summed E-state index contributed by atoms with van der Waals surface area (Å²) in [7, 11) is 0. The fourth-order valence-electron chi connectivity index (χ4n) is 4.91. The summed E-state index contributed by atoms with van der Waals surface area (Å²) in [5.74, 6) is -0.636. The number of fused-ring (bicyclic) bond motifs is 1. The molecule has 1 aliphatic heterocycles. The molecule has 0 unspecified atom stereocenters. The van der Waals surface area contributed by atoms with Crippen LogP contribution in [0.15, 0.2) is 76.7 Å². The van der Waals surface area contributed by atoms with E-state index in [4.69, 9.17) is 9.84 Å². The van der Waals surface area contributed by atoms with Crippen LogP contribution in [-0.2, 0) is 0 Å². The van der Waals surface area contributed by atoms with E-state index in [9.17, 15) is 22.4 Å². The van der Waals surface area contributed by atoms with Gasteiger partial charge in [0.05, 0.1) is 16.6 Å². The summed E-state index contributed by atoms with van der Waals surface area (Å²) in [5, 5.41) is 7.84. The summed E-state index contributed by atoms with van der Waals surface area (Å²) >= 11 is 1.26. The molecule has 0 spiro atoms. The molecule has 192 valence electrons. The molecule has 5 rings (SSSR count). The number of benzene rings is 2. The van der Waals surface area contributed by atoms with Gasteiger partial charge in [0.15, 0.2) is 0 Å². The monoisotopic (exact) mass is 530 g/mol. The van der Waals surface area contributed by atoms with Crippen LogP contribution in [-0.4, -0.2) is 29.9 Å². The molecule has 1 fully saturated rings. The molecular weight excluding hydrogens is 508 g/mol. The van der Waals surface area contributed by atoms with Crippen LogP contribution in [0, 0.1) is 5.92 Å². The van der Waals surface area contributed by atoms with E-state index in [1.54, 1.807) is 60.0 Å². The van der Waals surface area contributed by atoms with Crippen molar-refractivity contribution in [3.05, 3.63) is 87.6 Å². The Morgan fingerprint density at radius 3 is 2.41 bits per heavy atom. The third-order valence-electron chi connectivity index (χ3n) is 6.36. The SMILES string of the molecule is O=C(c1cccs1)N1N=C2/C(=C/c3ccccc3OC(F)F)CCC[C@H]2[C@H]1c1ccccc1OC(F)F. The Labute approximate surface area is 214 Å². The van der Waals surface area contributed by atoms with Crippen molar-refractivity contribution in [2.75, 3.05) is 0 Å². The zero-order valence-corrected chi connectivity index (χ0v) is 20.2. The van der Waals surface area contributed by atoms with Crippen molar-refractivity contribution >= 4 is 29.0 Å². The highest BCUT2D eigenvalue weighted by molar-refractivity contribution is 7.12. The summed E-state index contributed by atoms with van der Waals surface area (Å²) in [6, 6.07) is 15.6. The summed E-state index contributed by atoms with van der Waals surface area (Å²) < 4.78 is 61.9. The second-order valence-corrected chi connectivity index (χ2v) is 9.51. The predicted octanol–water partition coefficient (Wildman–Crippen LogP) is 7.39. The van der Waals surface area contributed by atoms with Gasteiger partial charge in [-0.2, -0.15) is 22.7 Å². The Hall–Kier alpha value is -3.66. The van der Waals surface area contributed by atoms with Crippen molar-refractivity contribution in [2.24, 2.45) is 11.0 Å². The van der Waals surface area contributed by atoms with Gasteiger partial charge in [0.1, 0.15) is 11.5 Å². The van der Waals surface area contributed by atoms with Gasteiger partial charge in [0, 0.05) is 17.0 Å². The molecule has 0 saturated heterocycles. The van der Waals surface area contributed by atoms with Crippen molar-refractivity contribution in [1.82, 2.24) is 5.01 Å². The molecule has 1 aliphatic carbocycles. The minimum absolute atomic E-state index is 0.0188. The van der Waals surface area contributed by atoms with Crippen LogP contribution in [0.3, 0.4) is 0 Å². The number of halogens is 4. The van der Waals surface area contributed by atoms with Crippen LogP contribution in [0.1, 0.15) is 46.1 Å². The number of alkyl halides is 4. The smallest absolute Gasteiger partial charge is 0.387 e. The first-order valence-corrected chi connectivity index (χ1v) is 12.5. The molecule has 1 aromatic heterocycles. The molecule has 2 heterocycles. The third kappa shape index (κ3) is 5.24. The van der Waals surface area contributed by atoms with Gasteiger partial charge in [0.2, 0.25) is 0 Å². The van der Waals surface area contributed by atoms with E-state index in [0.717, 1.165) is 12.0 Å². The number of hydrogen-bond acceptors (Lipinski definition) is 5. The van der Waals surface area contributed by atoms with Crippen LogP contribution in [0.5, 0.6) is 11.5 Å². The number of ether oxygens (including phenoxy) is 2. The lowest BCUT2D eigenvalue weighted by atomic mass is 9.77. The van der Waals surface area contributed by atoms with Crippen molar-refractivity contribution < 1.29 is 31.8 Å². The van der Waals surface area contributed by atoms with Crippen LogP contribution in [0.4, 0.5) is 17.6 Å². The number of allylic oxidation sites excluding steroid dienone is 1. The van der Waals surface area contributed by atoms with Crippen LogP contribution in [0.2, 0.25) is 0 Å². The Balaban J connectivity index is 1.59. The Bertz CT molecular complexity index is 1330. The molecule has 3 aromatic rings. The normalized spacial score (nSPS) is 20.3. The molecule has 1 saturated carbocycles. The van der Waals surface area contributed by atoms with Crippen molar-refractivity contribution in [3.63, 3.8) is 0 Å². The van der Waals surface area contributed by atoms with E-state index in [0.29, 0.717) is 34.6 Å². The average Bonchev–Trinajstić information content (AvgIpc) is 3.54. The minimum Gasteiger partial charge on any atom is -0.434 e. The standard InChI is InChI=1S/C27H22F4N2O3S/c28-26(29)35-20-11-3-1-7-16(20)15-17-8-5-10-19-23(17)32-33(25(34)22-13-6-14-37-22)24(19)18-9-2-4-12-21(18)36-27(30)31/h1-4,6-7,9,11-15,19,24,26-27H,5,8,10H2/b17-15+/t19-,24-/m1/s1. The van der Waals surface area contributed by atoms with Gasteiger partial charge in [-0.15, -0.1) is 11.3 Å². The second kappa shape index (κ2) is 10.8. The maximum atomic E-state index is 13.5. The van der Waals surface area contributed by atoms with Gasteiger partial charge >= 0.3 is 13.2 Å². The number of hydrazone groups is 1. The Morgan fingerprint density at radius 2 is 1.68 bits per heavy atom. The number of thiophene rings is 1. The number of carbonyl (C=O) groups excluding carboxylic acids is 1. The molecule has 0 radical (unpaired) electrons. The van der Waals surface area contributed by atoms with Gasteiger partial charge in [0.25, 0.3) is 5.91 Å². The van der Waals surface area contributed by atoms with Gasteiger partial charge in [-0.1, -0.05) is 42.5 Å². The first-order valence-electron chi connectivity index (χ1n) is 11.7. The largest absolute Gasteiger partial charge is 0.434 e. The van der Waals surface area contributed by atoms with E-state index >= 15 is 0 Å². The first kappa shape index (κ1) is 25.0. The van der Waals surface area contributed by atoms with Crippen LogP contribution >= 0.6 is 11.3 Å². The maximum absolute atomic E-state index is 13.5. The lowest BCUT2D eigenvalue weighted by Gasteiger charge is -2.30. The van der Waals surface area contributed by atoms with E-state index in [1.165, 1.54) is 28.5 Å². The summed E-state index contributed by atoms with van der Waals surface area (Å²) in [6.45, 7) is -6.00. The highest BCUT2D eigenvalue weighted by atomic mass is 32.1. The maximum Gasteiger partial charge on any atom is 0.387 e. The quantitative estimate of drug-likeness (QED) is 0.299. The number of nitrogens with zero attached hydrogens (tertiary/aromatic N) is 2. The lowest BCUT2D eigenvalue weighted by molar-refractivity contribution is -0.0514. The number of amides is 1. The van der Waals surface area contributed by atoms with Gasteiger partial charge in [-0.05, 0) is 54.5 Å². The summed E-state index contributed by atoms with van der Waals surface area (Å²) in [6.07, 6.45) is 3.76. The molecule has 2 aromatic carbocycles. The van der Waals surface area contributed by atoms with E-state index in [-0.39, 0.29) is 23.3 Å². The number of para-hydroxylation sites is 2. The van der Waals surface area contributed by atoms with Crippen LogP contribution < -0.4 is 9.47 Å². The van der Waals surface area contributed by atoms with E-state index in [2.05, 4.69) is 4.74 Å². The number of hydrogen-bond donors (Lipinski definition) is 0. The van der Waals surface area contributed by atoms with Gasteiger partial charge < -0.3 is 9.47 Å². The zero-order chi connectivity index (χ0) is 25.9. The molecule has 37 heavy (non-hydrogen) atoms. The topological polar surface area (TPSA) is 51.1 Å². The second-order valence-electron chi connectivity index (χ2n) is 8.56. The molecular formula is C27H22F4N2O3S. The lowest BCUT2D eigenvalue weighted by Crippen LogP contribution is -2.32. The third-order valence-corrected chi connectivity index (χ3v) is 7.22. The fraction of sp³-hybridized carbons (Fsp3) is 0.259. The molecule has 10 heteroatoms. The molecule has 0 N–H and O–H groups in total. The predicted molar refractivity (Wildman–Crippen MR) is 132 cm³/mol. The van der Waals surface area contributed by atoms with E-state index in [1.807, 2.05) is 0 Å². The van der Waals surface area contributed by atoms with Crippen molar-refractivity contribution in [2.45, 2.75) is 38.5 Å². The number of carbonyl (C=O) groups is 1. The summed E-state index contributed by atoms with van der Waals surface area (Å²) in [4.78, 5) is 14.0. The zero-order valence-electron chi connectivity index (χ0n) is 19.4. The van der Waals surface area contributed by atoms with Crippen LogP contribution in [0.25, 0.3) is 6.08 Å². The Morgan fingerprint density at radius 1 is 0.973 bits per heavy atom. The molecule has 0 bridgehead atoms. The van der Waals surface area contributed by atoms with E-state index < -0.39 is 19.3 Å². The summed E-state index contributed by atoms with van der Waals surface area (Å²) in [5.41, 5.74) is 2.29. The first-order chi connectivity index (χ1) is 17.9. The molecule has 5 nitrogen and oxygen atoms in total. The van der Waals surface area contributed by atoms with Crippen molar-refractivity contribution in [3.8, 4) is 11.5 Å². The highest BCUT2D eigenvalue weighted by Crippen LogP contribution is 2.47. The van der Waals surface area contributed by atoms with Gasteiger partial charge in [-0.3, -0.25) is 4.79 Å². The molecule has 1 amide bonds. The molecule has 2 aliphatic rings. The average molecular weight is 531 g/mol. The van der Waals surface area contributed by atoms with Gasteiger partial charge in [-0.25, -0.2) is 5.01 Å². The minimum atomic E-state index is -3.03. The van der Waals surface area contributed by atoms with Crippen molar-refractivity contribution in [1.29, 1.82) is 0 Å².